The van der Waals surface area contributed by atoms with Crippen molar-refractivity contribution in [1.29, 1.82) is 0 Å². The fourth-order valence-electron chi connectivity index (χ4n) is 2.08. The lowest BCUT2D eigenvalue weighted by Gasteiger charge is -2.32. The van der Waals surface area contributed by atoms with Crippen LogP contribution in [0.5, 0.6) is 0 Å². The summed E-state index contributed by atoms with van der Waals surface area (Å²) in [6.45, 7) is 6.74. The van der Waals surface area contributed by atoms with Crippen LogP contribution in [0.25, 0.3) is 0 Å². The third kappa shape index (κ3) is 3.82. The smallest absolute Gasteiger partial charge is 0.307 e. The second-order valence-corrected chi connectivity index (χ2v) is 5.48. The summed E-state index contributed by atoms with van der Waals surface area (Å²) in [5, 5.41) is 9.18. The molecule has 3 nitrogen and oxygen atoms in total. The molecule has 0 saturated carbocycles. The van der Waals surface area contributed by atoms with Gasteiger partial charge in [0.05, 0.1) is 12.0 Å². The van der Waals surface area contributed by atoms with Gasteiger partial charge in [-0.05, 0) is 31.1 Å². The third-order valence-electron chi connectivity index (χ3n) is 3.12. The van der Waals surface area contributed by atoms with Crippen molar-refractivity contribution in [2.75, 3.05) is 6.61 Å². The Bertz CT molecular complexity index is 211. The Balaban J connectivity index is 2.54. The Hall–Kier alpha value is -0.570. The molecule has 1 N–H and O–H groups in total. The molecule has 1 saturated heterocycles. The molecule has 3 heteroatoms. The number of rotatable bonds is 3. The average Bonchev–Trinajstić information content (AvgIpc) is 2.13. The maximum absolute atomic E-state index is 11.2. The van der Waals surface area contributed by atoms with Gasteiger partial charge in [-0.25, -0.2) is 0 Å². The Labute approximate surface area is 91.8 Å². The minimum Gasteiger partial charge on any atom is -0.481 e. The van der Waals surface area contributed by atoms with Crippen LogP contribution >= 0.6 is 0 Å². The molecule has 0 amide bonds. The van der Waals surface area contributed by atoms with E-state index in [2.05, 4.69) is 0 Å². The van der Waals surface area contributed by atoms with E-state index in [1.54, 1.807) is 0 Å². The molecule has 1 heterocycles. The van der Waals surface area contributed by atoms with Gasteiger partial charge in [0.1, 0.15) is 0 Å². The fourth-order valence-corrected chi connectivity index (χ4v) is 2.08. The molecule has 1 aliphatic rings. The monoisotopic (exact) mass is 214 g/mol. The van der Waals surface area contributed by atoms with Crippen LogP contribution in [0.1, 0.15) is 46.5 Å². The number of carboxylic acids is 1. The second-order valence-electron chi connectivity index (χ2n) is 5.48. The Morgan fingerprint density at radius 3 is 2.53 bits per heavy atom. The molecular formula is C12H22O3. The van der Waals surface area contributed by atoms with Crippen molar-refractivity contribution in [2.24, 2.45) is 11.3 Å². The molecular weight excluding hydrogens is 192 g/mol. The summed E-state index contributed by atoms with van der Waals surface area (Å²) >= 11 is 0. The molecule has 1 rings (SSSR count). The molecule has 0 bridgehead atoms. The number of carbonyl (C=O) groups is 1. The van der Waals surface area contributed by atoms with Gasteiger partial charge in [-0.2, -0.15) is 0 Å². The van der Waals surface area contributed by atoms with E-state index in [0.29, 0.717) is 6.42 Å². The van der Waals surface area contributed by atoms with Crippen molar-refractivity contribution in [2.45, 2.75) is 52.6 Å². The van der Waals surface area contributed by atoms with Gasteiger partial charge in [0.2, 0.25) is 0 Å². The first kappa shape index (κ1) is 12.5. The largest absolute Gasteiger partial charge is 0.481 e. The highest BCUT2D eigenvalue weighted by atomic mass is 16.5. The summed E-state index contributed by atoms with van der Waals surface area (Å²) in [6.07, 6.45) is 4.10. The highest BCUT2D eigenvalue weighted by Gasteiger charge is 2.33. The molecule has 0 radical (unpaired) electrons. The molecule has 0 aromatic carbocycles. The third-order valence-corrected chi connectivity index (χ3v) is 3.12. The van der Waals surface area contributed by atoms with Crippen LogP contribution in [0.4, 0.5) is 0 Å². The number of hydrogen-bond acceptors (Lipinski definition) is 2. The average molecular weight is 214 g/mol. The Morgan fingerprint density at radius 2 is 2.13 bits per heavy atom. The molecule has 0 aliphatic carbocycles. The summed E-state index contributed by atoms with van der Waals surface area (Å²) < 4.78 is 5.59. The summed E-state index contributed by atoms with van der Waals surface area (Å²) in [5.74, 6) is -1.00. The van der Waals surface area contributed by atoms with E-state index in [9.17, 15) is 9.90 Å². The van der Waals surface area contributed by atoms with E-state index >= 15 is 0 Å². The van der Waals surface area contributed by atoms with Gasteiger partial charge < -0.3 is 9.84 Å². The molecule has 2 unspecified atom stereocenters. The van der Waals surface area contributed by atoms with Crippen molar-refractivity contribution in [3.05, 3.63) is 0 Å². The molecule has 1 aliphatic heterocycles. The van der Waals surface area contributed by atoms with E-state index in [4.69, 9.17) is 4.74 Å². The van der Waals surface area contributed by atoms with Crippen LogP contribution < -0.4 is 0 Å². The van der Waals surface area contributed by atoms with Crippen LogP contribution in [0.15, 0.2) is 0 Å². The van der Waals surface area contributed by atoms with E-state index in [0.717, 1.165) is 19.4 Å². The summed E-state index contributed by atoms with van der Waals surface area (Å²) in [6, 6.07) is 0. The minimum atomic E-state index is -0.698. The predicted molar refractivity (Wildman–Crippen MR) is 58.8 cm³/mol. The zero-order valence-electron chi connectivity index (χ0n) is 9.95. The van der Waals surface area contributed by atoms with Gasteiger partial charge >= 0.3 is 5.97 Å². The van der Waals surface area contributed by atoms with Gasteiger partial charge in [-0.3, -0.25) is 4.79 Å². The molecule has 0 spiro atoms. The minimum absolute atomic E-state index is 0.152. The van der Waals surface area contributed by atoms with Gasteiger partial charge in [0, 0.05) is 6.61 Å². The SMILES string of the molecule is CC(C)(C)C(CC1CCCCO1)C(=O)O. The van der Waals surface area contributed by atoms with Gasteiger partial charge in [0.25, 0.3) is 0 Å². The van der Waals surface area contributed by atoms with Crippen LogP contribution in [0.2, 0.25) is 0 Å². The standard InChI is InChI=1S/C12H22O3/c1-12(2,3)10(11(13)14)8-9-6-4-5-7-15-9/h9-10H,4-8H2,1-3H3,(H,13,14). The summed E-state index contributed by atoms with van der Waals surface area (Å²) in [7, 11) is 0. The van der Waals surface area contributed by atoms with E-state index in [1.165, 1.54) is 6.42 Å². The van der Waals surface area contributed by atoms with E-state index in [-0.39, 0.29) is 17.4 Å². The normalized spacial score (nSPS) is 24.9. The molecule has 15 heavy (non-hydrogen) atoms. The second kappa shape index (κ2) is 4.97. The van der Waals surface area contributed by atoms with Crippen molar-refractivity contribution >= 4 is 5.97 Å². The lowest BCUT2D eigenvalue weighted by Crippen LogP contribution is -2.33. The first-order valence-corrected chi connectivity index (χ1v) is 5.75. The molecule has 88 valence electrons. The van der Waals surface area contributed by atoms with Gasteiger partial charge in [-0.15, -0.1) is 0 Å². The molecule has 1 fully saturated rings. The first-order valence-electron chi connectivity index (χ1n) is 5.75. The Morgan fingerprint density at radius 1 is 1.47 bits per heavy atom. The number of ether oxygens (including phenoxy) is 1. The van der Waals surface area contributed by atoms with Gasteiger partial charge in [-0.1, -0.05) is 20.8 Å². The molecule has 0 aromatic rings. The Kier molecular flexibility index (Phi) is 4.14. The number of hydrogen-bond donors (Lipinski definition) is 1. The van der Waals surface area contributed by atoms with Crippen molar-refractivity contribution in [1.82, 2.24) is 0 Å². The van der Waals surface area contributed by atoms with Crippen LogP contribution in [0, 0.1) is 11.3 Å². The number of aliphatic carboxylic acids is 1. The quantitative estimate of drug-likeness (QED) is 0.785. The first-order chi connectivity index (χ1) is 6.91. The van der Waals surface area contributed by atoms with Crippen LogP contribution in [0.3, 0.4) is 0 Å². The van der Waals surface area contributed by atoms with Crippen LogP contribution in [-0.2, 0) is 9.53 Å². The number of carboxylic acid groups (broad SMARTS) is 1. The maximum atomic E-state index is 11.2. The zero-order chi connectivity index (χ0) is 11.5. The maximum Gasteiger partial charge on any atom is 0.307 e. The topological polar surface area (TPSA) is 46.5 Å². The summed E-state index contributed by atoms with van der Waals surface area (Å²) in [5.41, 5.74) is -0.188. The molecule has 2 atom stereocenters. The lowest BCUT2D eigenvalue weighted by molar-refractivity contribution is -0.148. The van der Waals surface area contributed by atoms with Crippen molar-refractivity contribution < 1.29 is 14.6 Å². The van der Waals surface area contributed by atoms with Crippen molar-refractivity contribution in [3.8, 4) is 0 Å². The lowest BCUT2D eigenvalue weighted by atomic mass is 9.77. The van der Waals surface area contributed by atoms with Crippen molar-refractivity contribution in [3.63, 3.8) is 0 Å². The highest BCUT2D eigenvalue weighted by molar-refractivity contribution is 5.70. The van der Waals surface area contributed by atoms with Gasteiger partial charge in [0.15, 0.2) is 0 Å². The zero-order valence-corrected chi connectivity index (χ0v) is 9.95. The fraction of sp³-hybridized carbons (Fsp3) is 0.917. The van der Waals surface area contributed by atoms with E-state index in [1.807, 2.05) is 20.8 Å². The highest BCUT2D eigenvalue weighted by Crippen LogP contribution is 2.32. The predicted octanol–water partition coefficient (Wildman–Crippen LogP) is 2.69. The molecule has 0 aromatic heterocycles. The van der Waals surface area contributed by atoms with Crippen LogP contribution in [-0.4, -0.2) is 23.8 Å². The van der Waals surface area contributed by atoms with E-state index < -0.39 is 5.97 Å². The summed E-state index contributed by atoms with van der Waals surface area (Å²) in [4.78, 5) is 11.2.